The monoisotopic (exact) mass is 274 g/mol. The van der Waals surface area contributed by atoms with Gasteiger partial charge in [-0.1, -0.05) is 42.9 Å². The molecule has 0 radical (unpaired) electrons. The summed E-state index contributed by atoms with van der Waals surface area (Å²) >= 11 is 3.12. The fourth-order valence-electron chi connectivity index (χ4n) is 1.03. The van der Waals surface area contributed by atoms with Crippen LogP contribution in [-0.2, 0) is 0 Å². The van der Waals surface area contributed by atoms with E-state index in [1.807, 2.05) is 0 Å². The SMILES string of the molecule is CCCCCSc1nnc(NC(=O)N(C)C)s1. The number of hydrogen-bond donors (Lipinski definition) is 1. The van der Waals surface area contributed by atoms with Gasteiger partial charge >= 0.3 is 6.03 Å². The zero-order chi connectivity index (χ0) is 12.7. The second-order valence-electron chi connectivity index (χ2n) is 3.75. The van der Waals surface area contributed by atoms with Crippen molar-refractivity contribution in [3.8, 4) is 0 Å². The molecule has 0 spiro atoms. The van der Waals surface area contributed by atoms with E-state index in [0.29, 0.717) is 5.13 Å². The van der Waals surface area contributed by atoms with Crippen molar-refractivity contribution in [1.82, 2.24) is 15.1 Å². The van der Waals surface area contributed by atoms with Gasteiger partial charge in [0.1, 0.15) is 0 Å². The van der Waals surface area contributed by atoms with E-state index in [1.165, 1.54) is 35.5 Å². The van der Waals surface area contributed by atoms with E-state index in [0.717, 1.165) is 10.1 Å². The number of nitrogens with zero attached hydrogens (tertiary/aromatic N) is 3. The standard InChI is InChI=1S/C10H18N4OS2/c1-4-5-6-7-16-10-13-12-8(17-10)11-9(15)14(2)3/h4-7H2,1-3H3,(H,11,12,15). The van der Waals surface area contributed by atoms with E-state index in [-0.39, 0.29) is 6.03 Å². The van der Waals surface area contributed by atoms with Crippen LogP contribution >= 0.6 is 23.1 Å². The van der Waals surface area contributed by atoms with Crippen LogP contribution in [0, 0.1) is 0 Å². The number of amides is 2. The van der Waals surface area contributed by atoms with Gasteiger partial charge in [-0.2, -0.15) is 0 Å². The minimum Gasteiger partial charge on any atom is -0.331 e. The van der Waals surface area contributed by atoms with Crippen molar-refractivity contribution in [2.75, 3.05) is 25.2 Å². The van der Waals surface area contributed by atoms with Crippen molar-refractivity contribution in [2.45, 2.75) is 30.5 Å². The van der Waals surface area contributed by atoms with E-state index < -0.39 is 0 Å². The van der Waals surface area contributed by atoms with E-state index >= 15 is 0 Å². The molecule has 1 aromatic heterocycles. The molecule has 1 aromatic rings. The van der Waals surface area contributed by atoms with Gasteiger partial charge in [-0.25, -0.2) is 4.79 Å². The van der Waals surface area contributed by atoms with Crippen molar-refractivity contribution in [3.63, 3.8) is 0 Å². The van der Waals surface area contributed by atoms with Crippen LogP contribution in [-0.4, -0.2) is 41.0 Å². The molecule has 0 aliphatic rings. The highest BCUT2D eigenvalue weighted by Crippen LogP contribution is 2.26. The summed E-state index contributed by atoms with van der Waals surface area (Å²) in [4.78, 5) is 12.8. The predicted octanol–water partition coefficient (Wildman–Crippen LogP) is 2.91. The van der Waals surface area contributed by atoms with Gasteiger partial charge < -0.3 is 4.90 Å². The molecule has 17 heavy (non-hydrogen) atoms. The zero-order valence-electron chi connectivity index (χ0n) is 10.4. The molecule has 0 aliphatic carbocycles. The van der Waals surface area contributed by atoms with Gasteiger partial charge in [0.2, 0.25) is 5.13 Å². The predicted molar refractivity (Wildman–Crippen MR) is 72.9 cm³/mol. The maximum absolute atomic E-state index is 11.4. The molecule has 1 rings (SSSR count). The summed E-state index contributed by atoms with van der Waals surface area (Å²) in [7, 11) is 3.38. The second-order valence-corrected chi connectivity index (χ2v) is 6.07. The highest BCUT2D eigenvalue weighted by molar-refractivity contribution is 8.01. The number of urea groups is 1. The van der Waals surface area contributed by atoms with Crippen LogP contribution in [0.5, 0.6) is 0 Å². The molecule has 2 amide bonds. The summed E-state index contributed by atoms with van der Waals surface area (Å²) in [6, 6.07) is -0.177. The number of carbonyl (C=O) groups excluding carboxylic acids is 1. The van der Waals surface area contributed by atoms with Gasteiger partial charge in [0.25, 0.3) is 0 Å². The molecule has 0 bridgehead atoms. The molecule has 5 nitrogen and oxygen atoms in total. The molecule has 1 N–H and O–H groups in total. The molecule has 0 aromatic carbocycles. The lowest BCUT2D eigenvalue weighted by atomic mass is 10.3. The quantitative estimate of drug-likeness (QED) is 0.492. The maximum Gasteiger partial charge on any atom is 0.323 e. The Balaban J connectivity index is 2.35. The molecule has 0 fully saturated rings. The van der Waals surface area contributed by atoms with Crippen molar-refractivity contribution in [3.05, 3.63) is 0 Å². The normalized spacial score (nSPS) is 10.3. The molecule has 0 aliphatic heterocycles. The number of rotatable bonds is 6. The Morgan fingerprint density at radius 2 is 2.18 bits per heavy atom. The molecule has 1 heterocycles. The van der Waals surface area contributed by atoms with Gasteiger partial charge in [-0.15, -0.1) is 10.2 Å². The average Bonchev–Trinajstić information content (AvgIpc) is 2.72. The van der Waals surface area contributed by atoms with E-state index in [4.69, 9.17) is 0 Å². The molecule has 0 unspecified atom stereocenters. The Morgan fingerprint density at radius 3 is 2.82 bits per heavy atom. The number of nitrogens with one attached hydrogen (secondary N) is 1. The first-order valence-corrected chi connectivity index (χ1v) is 7.38. The molecule has 7 heteroatoms. The Hall–Kier alpha value is -0.820. The van der Waals surface area contributed by atoms with Crippen LogP contribution in [0.15, 0.2) is 4.34 Å². The lowest BCUT2D eigenvalue weighted by Crippen LogP contribution is -2.27. The molecule has 96 valence electrons. The summed E-state index contributed by atoms with van der Waals surface area (Å²) in [5, 5.41) is 11.2. The lowest BCUT2D eigenvalue weighted by Gasteiger charge is -2.08. The van der Waals surface area contributed by atoms with Gasteiger partial charge in [0.05, 0.1) is 0 Å². The highest BCUT2D eigenvalue weighted by atomic mass is 32.2. The minimum absolute atomic E-state index is 0.177. The lowest BCUT2D eigenvalue weighted by molar-refractivity contribution is 0.230. The van der Waals surface area contributed by atoms with Crippen molar-refractivity contribution >= 4 is 34.3 Å². The van der Waals surface area contributed by atoms with Crippen molar-refractivity contribution in [1.29, 1.82) is 0 Å². The van der Waals surface area contributed by atoms with E-state index in [1.54, 1.807) is 25.9 Å². The molecule has 0 saturated heterocycles. The Kier molecular flexibility index (Phi) is 6.28. The Bertz CT molecular complexity index is 354. The summed E-state index contributed by atoms with van der Waals surface area (Å²) in [5.74, 6) is 1.06. The average molecular weight is 274 g/mol. The number of unbranched alkanes of at least 4 members (excludes halogenated alkanes) is 2. The van der Waals surface area contributed by atoms with Crippen molar-refractivity contribution in [2.24, 2.45) is 0 Å². The fourth-order valence-corrected chi connectivity index (χ4v) is 2.84. The first-order chi connectivity index (χ1) is 8.13. The topological polar surface area (TPSA) is 58.1 Å². The van der Waals surface area contributed by atoms with Gasteiger partial charge in [0.15, 0.2) is 4.34 Å². The molecular weight excluding hydrogens is 256 g/mol. The number of anilines is 1. The first kappa shape index (κ1) is 14.2. The van der Waals surface area contributed by atoms with Gasteiger partial charge in [0, 0.05) is 19.8 Å². The maximum atomic E-state index is 11.4. The summed E-state index contributed by atoms with van der Waals surface area (Å²) in [6.45, 7) is 2.19. The molecular formula is C10H18N4OS2. The fraction of sp³-hybridized carbons (Fsp3) is 0.700. The Labute approximate surface area is 110 Å². The number of thioether (sulfide) groups is 1. The number of aromatic nitrogens is 2. The third-order valence-electron chi connectivity index (χ3n) is 2.00. The van der Waals surface area contributed by atoms with Gasteiger partial charge in [-0.3, -0.25) is 5.32 Å². The summed E-state index contributed by atoms with van der Waals surface area (Å²) < 4.78 is 0.912. The van der Waals surface area contributed by atoms with Crippen LogP contribution in [0.3, 0.4) is 0 Å². The Morgan fingerprint density at radius 1 is 1.41 bits per heavy atom. The van der Waals surface area contributed by atoms with Crippen LogP contribution in [0.25, 0.3) is 0 Å². The van der Waals surface area contributed by atoms with Crippen molar-refractivity contribution < 1.29 is 4.79 Å². The van der Waals surface area contributed by atoms with Crippen LogP contribution in [0.2, 0.25) is 0 Å². The molecule has 0 saturated carbocycles. The third kappa shape index (κ3) is 5.36. The number of hydrogen-bond acceptors (Lipinski definition) is 5. The summed E-state index contributed by atoms with van der Waals surface area (Å²) in [5.41, 5.74) is 0. The van der Waals surface area contributed by atoms with E-state index in [9.17, 15) is 4.79 Å². The third-order valence-corrected chi connectivity index (χ3v) is 4.06. The highest BCUT2D eigenvalue weighted by Gasteiger charge is 2.09. The van der Waals surface area contributed by atoms with Crippen LogP contribution in [0.1, 0.15) is 26.2 Å². The largest absolute Gasteiger partial charge is 0.331 e. The van der Waals surface area contributed by atoms with E-state index in [2.05, 4.69) is 22.4 Å². The molecule has 0 atom stereocenters. The number of carbonyl (C=O) groups is 1. The minimum atomic E-state index is -0.177. The first-order valence-electron chi connectivity index (χ1n) is 5.58. The zero-order valence-corrected chi connectivity index (χ0v) is 12.0. The second kappa shape index (κ2) is 7.50. The summed E-state index contributed by atoms with van der Waals surface area (Å²) in [6.07, 6.45) is 3.66. The van der Waals surface area contributed by atoms with Crippen LogP contribution in [0.4, 0.5) is 9.93 Å². The van der Waals surface area contributed by atoms with Gasteiger partial charge in [-0.05, 0) is 6.42 Å². The smallest absolute Gasteiger partial charge is 0.323 e. The van der Waals surface area contributed by atoms with Crippen LogP contribution < -0.4 is 5.32 Å².